The van der Waals surface area contributed by atoms with Gasteiger partial charge in [-0.2, -0.15) is 10.1 Å². The quantitative estimate of drug-likeness (QED) is 0.614. The standard InChI is InChI=1S/C20H19N3OS/c1-14-4-8-16(9-5-14)12-18-19(24)23(20(21-3)25-18)22-13-17-10-6-15(2)7-11-17/h4-13H,1-3H3/b18-12+,21-20?,22-13-. The molecule has 3 rings (SSSR count). The summed E-state index contributed by atoms with van der Waals surface area (Å²) in [5.41, 5.74) is 4.30. The number of nitrogens with zero attached hydrogens (tertiary/aromatic N) is 3. The van der Waals surface area contributed by atoms with Crippen LogP contribution in [0.2, 0.25) is 0 Å². The van der Waals surface area contributed by atoms with Gasteiger partial charge in [0.05, 0.1) is 11.1 Å². The van der Waals surface area contributed by atoms with Crippen molar-refractivity contribution in [3.63, 3.8) is 0 Å². The molecule has 4 nitrogen and oxygen atoms in total. The van der Waals surface area contributed by atoms with Crippen LogP contribution in [-0.4, -0.2) is 29.3 Å². The smallest absolute Gasteiger partial charge is 0.266 e. The summed E-state index contributed by atoms with van der Waals surface area (Å²) >= 11 is 1.34. The lowest BCUT2D eigenvalue weighted by Crippen LogP contribution is -2.23. The van der Waals surface area contributed by atoms with Gasteiger partial charge in [-0.3, -0.25) is 9.79 Å². The second-order valence-corrected chi connectivity index (χ2v) is 6.81. The number of aliphatic imine (C=N–C) groups is 1. The van der Waals surface area contributed by atoms with Crippen LogP contribution in [0.1, 0.15) is 22.3 Å². The Morgan fingerprint density at radius 2 is 1.48 bits per heavy atom. The summed E-state index contributed by atoms with van der Waals surface area (Å²) in [6, 6.07) is 16.0. The van der Waals surface area contributed by atoms with Crippen molar-refractivity contribution in [2.24, 2.45) is 10.1 Å². The molecular weight excluding hydrogens is 330 g/mol. The van der Waals surface area contributed by atoms with Crippen LogP contribution < -0.4 is 0 Å². The molecule has 1 fully saturated rings. The molecule has 126 valence electrons. The molecule has 0 saturated carbocycles. The Balaban J connectivity index is 1.83. The minimum atomic E-state index is -0.158. The summed E-state index contributed by atoms with van der Waals surface area (Å²) in [6.07, 6.45) is 3.55. The maximum atomic E-state index is 12.7. The van der Waals surface area contributed by atoms with Crippen molar-refractivity contribution in [1.82, 2.24) is 5.01 Å². The van der Waals surface area contributed by atoms with Gasteiger partial charge in [0.2, 0.25) is 0 Å². The van der Waals surface area contributed by atoms with E-state index >= 15 is 0 Å². The molecule has 2 aromatic carbocycles. The van der Waals surface area contributed by atoms with Gasteiger partial charge in [-0.05, 0) is 42.8 Å². The minimum absolute atomic E-state index is 0.158. The van der Waals surface area contributed by atoms with Gasteiger partial charge in [0, 0.05) is 7.05 Å². The lowest BCUT2D eigenvalue weighted by atomic mass is 10.1. The van der Waals surface area contributed by atoms with Crippen molar-refractivity contribution < 1.29 is 4.79 Å². The molecular formula is C20H19N3OS. The van der Waals surface area contributed by atoms with Gasteiger partial charge in [-0.25, -0.2) is 0 Å². The van der Waals surface area contributed by atoms with Gasteiger partial charge < -0.3 is 0 Å². The predicted molar refractivity (Wildman–Crippen MR) is 106 cm³/mol. The lowest BCUT2D eigenvalue weighted by molar-refractivity contribution is -0.122. The Hall–Kier alpha value is -2.66. The third-order valence-electron chi connectivity index (χ3n) is 3.75. The van der Waals surface area contributed by atoms with Crippen molar-refractivity contribution in [3.8, 4) is 0 Å². The van der Waals surface area contributed by atoms with E-state index in [4.69, 9.17) is 0 Å². The Labute approximate surface area is 152 Å². The number of benzene rings is 2. The first kappa shape index (κ1) is 17.2. The molecule has 1 saturated heterocycles. The van der Waals surface area contributed by atoms with Crippen molar-refractivity contribution in [3.05, 3.63) is 75.7 Å². The summed E-state index contributed by atoms with van der Waals surface area (Å²) in [4.78, 5) is 17.5. The molecule has 0 radical (unpaired) electrons. The maximum Gasteiger partial charge on any atom is 0.287 e. The Morgan fingerprint density at radius 1 is 0.920 bits per heavy atom. The summed E-state index contributed by atoms with van der Waals surface area (Å²) in [7, 11) is 1.67. The molecule has 0 unspecified atom stereocenters. The average molecular weight is 349 g/mol. The Morgan fingerprint density at radius 3 is 2.04 bits per heavy atom. The van der Waals surface area contributed by atoms with Gasteiger partial charge in [0.15, 0.2) is 5.17 Å². The average Bonchev–Trinajstić information content (AvgIpc) is 2.92. The maximum absolute atomic E-state index is 12.7. The van der Waals surface area contributed by atoms with Crippen LogP contribution in [0, 0.1) is 13.8 Å². The number of rotatable bonds is 3. The Bertz CT molecular complexity index is 865. The predicted octanol–water partition coefficient (Wildman–Crippen LogP) is 4.24. The van der Waals surface area contributed by atoms with Crippen LogP contribution in [-0.2, 0) is 4.79 Å². The number of carbonyl (C=O) groups excluding carboxylic acids is 1. The number of hydrogen-bond donors (Lipinski definition) is 0. The van der Waals surface area contributed by atoms with Gasteiger partial charge in [0.25, 0.3) is 5.91 Å². The van der Waals surface area contributed by atoms with Crippen LogP contribution in [0.3, 0.4) is 0 Å². The monoisotopic (exact) mass is 349 g/mol. The first-order chi connectivity index (χ1) is 12.1. The second kappa shape index (κ2) is 7.49. The van der Waals surface area contributed by atoms with Crippen LogP contribution >= 0.6 is 11.8 Å². The molecule has 25 heavy (non-hydrogen) atoms. The third-order valence-corrected chi connectivity index (χ3v) is 4.80. The highest BCUT2D eigenvalue weighted by molar-refractivity contribution is 8.18. The van der Waals surface area contributed by atoms with Crippen molar-refractivity contribution in [2.75, 3.05) is 7.05 Å². The molecule has 1 heterocycles. The molecule has 0 spiro atoms. The van der Waals surface area contributed by atoms with Gasteiger partial charge in [0.1, 0.15) is 0 Å². The molecule has 0 atom stereocenters. The molecule has 0 aromatic heterocycles. The molecule has 1 aliphatic heterocycles. The van der Waals surface area contributed by atoms with Crippen LogP contribution in [0.25, 0.3) is 6.08 Å². The SMILES string of the molecule is CN=C1S/C(=C/c2ccc(C)cc2)C(=O)N1/N=C\c1ccc(C)cc1. The highest BCUT2D eigenvalue weighted by atomic mass is 32.2. The normalized spacial score (nSPS) is 18.0. The van der Waals surface area contributed by atoms with E-state index < -0.39 is 0 Å². The van der Waals surface area contributed by atoms with E-state index in [1.54, 1.807) is 13.3 Å². The zero-order chi connectivity index (χ0) is 17.8. The molecule has 1 aliphatic rings. The zero-order valence-electron chi connectivity index (χ0n) is 14.4. The van der Waals surface area contributed by atoms with Gasteiger partial charge in [-0.15, -0.1) is 0 Å². The van der Waals surface area contributed by atoms with Crippen molar-refractivity contribution in [2.45, 2.75) is 13.8 Å². The largest absolute Gasteiger partial charge is 0.287 e. The van der Waals surface area contributed by atoms with Crippen molar-refractivity contribution in [1.29, 1.82) is 0 Å². The minimum Gasteiger partial charge on any atom is -0.266 e. The van der Waals surface area contributed by atoms with E-state index in [-0.39, 0.29) is 5.91 Å². The van der Waals surface area contributed by atoms with Gasteiger partial charge in [-0.1, -0.05) is 59.7 Å². The van der Waals surface area contributed by atoms with E-state index in [0.717, 1.165) is 11.1 Å². The first-order valence-electron chi connectivity index (χ1n) is 7.95. The van der Waals surface area contributed by atoms with Crippen LogP contribution in [0.4, 0.5) is 0 Å². The van der Waals surface area contributed by atoms with E-state index in [0.29, 0.717) is 10.1 Å². The fourth-order valence-corrected chi connectivity index (χ4v) is 3.17. The number of aryl methyl sites for hydroxylation is 2. The second-order valence-electron chi connectivity index (χ2n) is 5.80. The van der Waals surface area contributed by atoms with Crippen molar-refractivity contribution >= 4 is 35.1 Å². The van der Waals surface area contributed by atoms with Gasteiger partial charge >= 0.3 is 0 Å². The number of amides is 1. The number of thioether (sulfide) groups is 1. The van der Waals surface area contributed by atoms with E-state index in [2.05, 4.69) is 10.1 Å². The molecule has 1 amide bonds. The van der Waals surface area contributed by atoms with Crippen LogP contribution in [0.5, 0.6) is 0 Å². The van der Waals surface area contributed by atoms with E-state index in [1.165, 1.54) is 27.9 Å². The molecule has 0 aliphatic carbocycles. The molecule has 0 N–H and O–H groups in total. The number of hydrazone groups is 1. The number of hydrogen-bond acceptors (Lipinski definition) is 4. The summed E-state index contributed by atoms with van der Waals surface area (Å²) < 4.78 is 0. The van der Waals surface area contributed by atoms with Crippen LogP contribution in [0.15, 0.2) is 63.5 Å². The molecule has 0 bridgehead atoms. The molecule has 5 heteroatoms. The highest BCUT2D eigenvalue weighted by Gasteiger charge is 2.32. The summed E-state index contributed by atoms with van der Waals surface area (Å²) in [5, 5.41) is 6.26. The first-order valence-corrected chi connectivity index (χ1v) is 8.76. The highest BCUT2D eigenvalue weighted by Crippen LogP contribution is 2.32. The summed E-state index contributed by atoms with van der Waals surface area (Å²) in [6.45, 7) is 4.07. The zero-order valence-corrected chi connectivity index (χ0v) is 15.2. The fraction of sp³-hybridized carbons (Fsp3) is 0.150. The van der Waals surface area contributed by atoms with E-state index in [9.17, 15) is 4.79 Å². The number of amidine groups is 1. The lowest BCUT2D eigenvalue weighted by Gasteiger charge is -2.07. The number of carbonyl (C=O) groups is 1. The molecule has 2 aromatic rings. The Kier molecular flexibility index (Phi) is 5.14. The third kappa shape index (κ3) is 4.06. The summed E-state index contributed by atoms with van der Waals surface area (Å²) in [5.74, 6) is -0.158. The fourth-order valence-electron chi connectivity index (χ4n) is 2.30. The van der Waals surface area contributed by atoms with E-state index in [1.807, 2.05) is 68.5 Å². The topological polar surface area (TPSA) is 45.0 Å².